The fraction of sp³-hybridized carbons (Fsp3) is 0.333. The van der Waals surface area contributed by atoms with E-state index in [-0.39, 0.29) is 11.9 Å². The summed E-state index contributed by atoms with van der Waals surface area (Å²) in [4.78, 5) is 22.9. The summed E-state index contributed by atoms with van der Waals surface area (Å²) in [6, 6.07) is 10.1. The lowest BCUT2D eigenvalue weighted by Gasteiger charge is -2.20. The Morgan fingerprint density at radius 3 is 2.75 bits per heavy atom. The molecule has 2 aromatic heterocycles. The van der Waals surface area contributed by atoms with Crippen molar-refractivity contribution >= 4 is 17.4 Å². The lowest BCUT2D eigenvalue weighted by atomic mass is 10.1. The maximum atomic E-state index is 12.0. The summed E-state index contributed by atoms with van der Waals surface area (Å²) < 4.78 is 1.79. The molecule has 4 rings (SSSR count). The van der Waals surface area contributed by atoms with Crippen LogP contribution in [0.25, 0.3) is 5.82 Å². The van der Waals surface area contributed by atoms with Gasteiger partial charge in [0, 0.05) is 24.3 Å². The Hall–Kier alpha value is -3.22. The van der Waals surface area contributed by atoms with Crippen molar-refractivity contribution < 1.29 is 4.79 Å². The predicted molar refractivity (Wildman–Crippen MR) is 109 cm³/mol. The molecule has 28 heavy (non-hydrogen) atoms. The molecule has 1 N–H and O–H groups in total. The highest BCUT2D eigenvalue weighted by Gasteiger charge is 2.22. The van der Waals surface area contributed by atoms with Crippen LogP contribution in [0.3, 0.4) is 0 Å². The molecule has 144 valence electrons. The number of hydrogen-bond acceptors (Lipinski definition) is 5. The third-order valence-corrected chi connectivity index (χ3v) is 4.97. The van der Waals surface area contributed by atoms with Crippen LogP contribution in [0.4, 0.5) is 11.5 Å². The molecule has 1 fully saturated rings. The lowest BCUT2D eigenvalue weighted by Crippen LogP contribution is -2.23. The summed E-state index contributed by atoms with van der Waals surface area (Å²) >= 11 is 0. The van der Waals surface area contributed by atoms with Crippen LogP contribution in [0, 0.1) is 13.8 Å². The maximum absolute atomic E-state index is 12.0. The van der Waals surface area contributed by atoms with Gasteiger partial charge in [-0.05, 0) is 51.0 Å². The van der Waals surface area contributed by atoms with Crippen LogP contribution in [0.5, 0.6) is 0 Å². The van der Waals surface area contributed by atoms with E-state index in [9.17, 15) is 4.79 Å². The third-order valence-electron chi connectivity index (χ3n) is 4.97. The second kappa shape index (κ2) is 7.42. The number of amides is 1. The standard InChI is InChI=1S/C21H24N6O/c1-14-10-15(2)27(25-14)20-13-22-12-19(24-20)23-16(3)17-6-4-7-18(11-17)26-9-5-8-21(26)28/h4,6-7,10-13,16H,5,8-9H2,1-3H3,(H,23,24). The fourth-order valence-electron chi connectivity index (χ4n) is 3.58. The molecule has 0 aliphatic carbocycles. The summed E-state index contributed by atoms with van der Waals surface area (Å²) in [7, 11) is 0. The molecule has 1 saturated heterocycles. The number of nitrogens with zero attached hydrogens (tertiary/aromatic N) is 5. The molecule has 1 aliphatic heterocycles. The highest BCUT2D eigenvalue weighted by Crippen LogP contribution is 2.26. The van der Waals surface area contributed by atoms with Gasteiger partial charge in [-0.1, -0.05) is 12.1 Å². The van der Waals surface area contributed by atoms with Gasteiger partial charge in [-0.25, -0.2) is 9.67 Å². The topological polar surface area (TPSA) is 75.9 Å². The van der Waals surface area contributed by atoms with E-state index in [1.54, 1.807) is 17.1 Å². The number of hydrogen-bond donors (Lipinski definition) is 1. The normalized spacial score (nSPS) is 15.1. The molecule has 1 unspecified atom stereocenters. The molecule has 1 aromatic carbocycles. The number of aromatic nitrogens is 4. The molecule has 0 spiro atoms. The molecule has 1 atom stereocenters. The van der Waals surface area contributed by atoms with Crippen LogP contribution >= 0.6 is 0 Å². The number of carbonyl (C=O) groups is 1. The minimum absolute atomic E-state index is 0.0164. The van der Waals surface area contributed by atoms with Gasteiger partial charge < -0.3 is 10.2 Å². The van der Waals surface area contributed by atoms with Crippen LogP contribution in [-0.4, -0.2) is 32.2 Å². The van der Waals surface area contributed by atoms with Crippen molar-refractivity contribution in [1.29, 1.82) is 0 Å². The number of aryl methyl sites for hydroxylation is 2. The molecule has 0 radical (unpaired) electrons. The molecule has 1 amide bonds. The first kappa shape index (κ1) is 18.2. The summed E-state index contributed by atoms with van der Waals surface area (Å²) in [5, 5.41) is 7.88. The number of benzene rings is 1. The SMILES string of the molecule is Cc1cc(C)n(-c2cncc(NC(C)c3cccc(N4CCCC4=O)c3)n2)n1. The van der Waals surface area contributed by atoms with Crippen molar-refractivity contribution in [2.75, 3.05) is 16.8 Å². The van der Waals surface area contributed by atoms with E-state index in [4.69, 9.17) is 0 Å². The monoisotopic (exact) mass is 376 g/mol. The largest absolute Gasteiger partial charge is 0.362 e. The molecule has 3 aromatic rings. The Morgan fingerprint density at radius 2 is 2.04 bits per heavy atom. The molecule has 0 saturated carbocycles. The van der Waals surface area contributed by atoms with Crippen molar-refractivity contribution in [1.82, 2.24) is 19.7 Å². The van der Waals surface area contributed by atoms with Crippen molar-refractivity contribution in [3.8, 4) is 5.82 Å². The zero-order valence-electron chi connectivity index (χ0n) is 16.4. The van der Waals surface area contributed by atoms with Gasteiger partial charge >= 0.3 is 0 Å². The molecule has 7 nitrogen and oxygen atoms in total. The van der Waals surface area contributed by atoms with E-state index in [1.807, 2.05) is 36.9 Å². The zero-order chi connectivity index (χ0) is 19.7. The molecular weight excluding hydrogens is 352 g/mol. The summed E-state index contributed by atoms with van der Waals surface area (Å²) in [5.41, 5.74) is 4.01. The van der Waals surface area contributed by atoms with Crippen molar-refractivity contribution in [3.63, 3.8) is 0 Å². The Balaban J connectivity index is 1.54. The minimum atomic E-state index is 0.0164. The van der Waals surface area contributed by atoms with Gasteiger partial charge in [0.05, 0.1) is 24.1 Å². The molecule has 1 aliphatic rings. The number of anilines is 2. The average Bonchev–Trinajstić information content (AvgIpc) is 3.26. The predicted octanol–water partition coefficient (Wildman–Crippen LogP) is 3.58. The Morgan fingerprint density at radius 1 is 1.18 bits per heavy atom. The third kappa shape index (κ3) is 3.60. The quantitative estimate of drug-likeness (QED) is 0.737. The van der Waals surface area contributed by atoms with Gasteiger partial charge in [0.15, 0.2) is 5.82 Å². The van der Waals surface area contributed by atoms with E-state index in [0.29, 0.717) is 18.1 Å². The Labute approximate surface area is 164 Å². The van der Waals surface area contributed by atoms with Gasteiger partial charge in [-0.2, -0.15) is 5.10 Å². The van der Waals surface area contributed by atoms with Crippen LogP contribution in [-0.2, 0) is 4.79 Å². The highest BCUT2D eigenvalue weighted by atomic mass is 16.2. The van der Waals surface area contributed by atoms with Crippen molar-refractivity contribution in [3.05, 3.63) is 59.7 Å². The van der Waals surface area contributed by atoms with E-state index >= 15 is 0 Å². The first-order valence-corrected chi connectivity index (χ1v) is 9.54. The Kier molecular flexibility index (Phi) is 4.81. The van der Waals surface area contributed by atoms with Gasteiger partial charge in [-0.3, -0.25) is 9.78 Å². The first-order valence-electron chi connectivity index (χ1n) is 9.54. The fourth-order valence-corrected chi connectivity index (χ4v) is 3.58. The second-order valence-corrected chi connectivity index (χ2v) is 7.21. The van der Waals surface area contributed by atoms with E-state index < -0.39 is 0 Å². The Bertz CT molecular complexity index is 1010. The second-order valence-electron chi connectivity index (χ2n) is 7.21. The van der Waals surface area contributed by atoms with Crippen LogP contribution in [0.1, 0.15) is 42.8 Å². The molecule has 0 bridgehead atoms. The van der Waals surface area contributed by atoms with Crippen molar-refractivity contribution in [2.24, 2.45) is 0 Å². The first-order chi connectivity index (χ1) is 13.5. The molecular formula is C21H24N6O. The highest BCUT2D eigenvalue weighted by molar-refractivity contribution is 5.95. The minimum Gasteiger partial charge on any atom is -0.362 e. The smallest absolute Gasteiger partial charge is 0.227 e. The van der Waals surface area contributed by atoms with Gasteiger partial charge in [0.2, 0.25) is 5.91 Å². The van der Waals surface area contributed by atoms with Gasteiger partial charge in [-0.15, -0.1) is 0 Å². The number of nitrogens with one attached hydrogen (secondary N) is 1. The molecule has 7 heteroatoms. The van der Waals surface area contributed by atoms with Crippen molar-refractivity contribution in [2.45, 2.75) is 39.7 Å². The summed E-state index contributed by atoms with van der Waals surface area (Å²) in [6.07, 6.45) is 4.97. The van der Waals surface area contributed by atoms with Gasteiger partial charge in [0.25, 0.3) is 0 Å². The summed E-state index contributed by atoms with van der Waals surface area (Å²) in [5.74, 6) is 1.56. The number of rotatable bonds is 5. The zero-order valence-corrected chi connectivity index (χ0v) is 16.4. The van der Waals surface area contributed by atoms with Crippen LogP contribution in [0.15, 0.2) is 42.7 Å². The lowest BCUT2D eigenvalue weighted by molar-refractivity contribution is -0.117. The van der Waals surface area contributed by atoms with Crippen LogP contribution < -0.4 is 10.2 Å². The molecule has 3 heterocycles. The van der Waals surface area contributed by atoms with E-state index in [1.165, 1.54) is 0 Å². The van der Waals surface area contributed by atoms with E-state index in [2.05, 4.69) is 39.4 Å². The van der Waals surface area contributed by atoms with E-state index in [0.717, 1.165) is 35.6 Å². The van der Waals surface area contributed by atoms with Gasteiger partial charge in [0.1, 0.15) is 5.82 Å². The van der Waals surface area contributed by atoms with Crippen LogP contribution in [0.2, 0.25) is 0 Å². The number of carbonyl (C=O) groups excluding carboxylic acids is 1. The average molecular weight is 376 g/mol. The maximum Gasteiger partial charge on any atom is 0.227 e. The summed E-state index contributed by atoms with van der Waals surface area (Å²) in [6.45, 7) is 6.82.